The maximum absolute atomic E-state index is 14.2. The molecule has 3 rings (SSSR count). The number of anilines is 2. The van der Waals surface area contributed by atoms with Crippen LogP contribution in [0.4, 0.5) is 24.8 Å². The molecule has 0 atom stereocenters. The van der Waals surface area contributed by atoms with Gasteiger partial charge < -0.3 is 9.87 Å². The minimum atomic E-state index is -2.79. The lowest BCUT2D eigenvalue weighted by molar-refractivity contribution is 0.580. The molecular weight excluding hydrogens is 483 g/mol. The standard InChI is InChI=1S/C19H15BrF3N5OS/c1-30(29,26-10-24)9-11-4-12(20)6-14(5-11)27-19-25-8-17(23)18(28-19)15-3-2-13(21)7-16(15)22/h2-8,30H,9H2,1H3,(H,26,29)(H,25,27,28). The average Bonchev–Trinajstić information content (AvgIpc) is 2.62. The Morgan fingerprint density at radius 2 is 1.97 bits per heavy atom. The van der Waals surface area contributed by atoms with Gasteiger partial charge in [0.1, 0.15) is 17.3 Å². The largest absolute Gasteiger partial charge is 0.343 e. The van der Waals surface area contributed by atoms with Gasteiger partial charge in [0.2, 0.25) is 12.1 Å². The van der Waals surface area contributed by atoms with Gasteiger partial charge in [0.15, 0.2) is 5.82 Å². The lowest BCUT2D eigenvalue weighted by Gasteiger charge is -2.17. The molecule has 0 aliphatic heterocycles. The number of benzene rings is 2. The highest BCUT2D eigenvalue weighted by atomic mass is 79.9. The van der Waals surface area contributed by atoms with Crippen molar-refractivity contribution in [3.05, 3.63) is 70.1 Å². The van der Waals surface area contributed by atoms with Gasteiger partial charge in [0.05, 0.1) is 6.20 Å². The van der Waals surface area contributed by atoms with Crippen LogP contribution in [0.1, 0.15) is 5.56 Å². The molecule has 0 spiro atoms. The second kappa shape index (κ2) is 8.91. The predicted molar refractivity (Wildman–Crippen MR) is 114 cm³/mol. The van der Waals surface area contributed by atoms with Gasteiger partial charge in [-0.15, -0.1) is 4.36 Å². The minimum Gasteiger partial charge on any atom is -0.343 e. The first-order chi connectivity index (χ1) is 14.2. The molecule has 0 amide bonds. The summed E-state index contributed by atoms with van der Waals surface area (Å²) >= 11 is 3.36. The summed E-state index contributed by atoms with van der Waals surface area (Å²) in [7, 11) is -2.79. The van der Waals surface area contributed by atoms with Gasteiger partial charge in [-0.3, -0.25) is 0 Å². The van der Waals surface area contributed by atoms with Gasteiger partial charge in [-0.1, -0.05) is 26.0 Å². The lowest BCUT2D eigenvalue weighted by atomic mass is 10.1. The van der Waals surface area contributed by atoms with E-state index in [-0.39, 0.29) is 23.0 Å². The fraction of sp³-hybridized carbons (Fsp3) is 0.105. The number of halogens is 4. The number of hydrogen-bond acceptors (Lipinski definition) is 5. The van der Waals surface area contributed by atoms with E-state index in [4.69, 9.17) is 5.26 Å². The van der Waals surface area contributed by atoms with Crippen LogP contribution >= 0.6 is 15.9 Å². The van der Waals surface area contributed by atoms with E-state index < -0.39 is 27.6 Å². The van der Waals surface area contributed by atoms with E-state index in [0.29, 0.717) is 21.8 Å². The zero-order valence-electron chi connectivity index (χ0n) is 15.4. The van der Waals surface area contributed by atoms with Crippen molar-refractivity contribution < 1.29 is 17.7 Å². The predicted octanol–water partition coefficient (Wildman–Crippen LogP) is 5.22. The Hall–Kier alpha value is -2.81. The summed E-state index contributed by atoms with van der Waals surface area (Å²) in [5.74, 6) is -2.43. The lowest BCUT2D eigenvalue weighted by Crippen LogP contribution is -2.10. The zero-order chi connectivity index (χ0) is 21.9. The van der Waals surface area contributed by atoms with Gasteiger partial charge in [0, 0.05) is 27.5 Å². The Morgan fingerprint density at radius 1 is 1.20 bits per heavy atom. The molecule has 0 fully saturated rings. The minimum absolute atomic E-state index is 0.0116. The highest BCUT2D eigenvalue weighted by Crippen LogP contribution is 2.27. The Kier molecular flexibility index (Phi) is 6.50. The maximum atomic E-state index is 14.2. The van der Waals surface area contributed by atoms with Crippen LogP contribution in [-0.4, -0.2) is 20.8 Å². The fourth-order valence-corrected chi connectivity index (χ4v) is 4.40. The Bertz CT molecular complexity index is 1210. The van der Waals surface area contributed by atoms with Crippen molar-refractivity contribution in [3.8, 4) is 17.5 Å². The van der Waals surface area contributed by atoms with Crippen LogP contribution in [0.2, 0.25) is 0 Å². The monoisotopic (exact) mass is 497 g/mol. The molecule has 2 N–H and O–H groups in total. The molecule has 0 unspecified atom stereocenters. The number of thiol groups is 1. The molecule has 0 saturated carbocycles. The van der Waals surface area contributed by atoms with Crippen LogP contribution in [-0.2, 0) is 15.9 Å². The van der Waals surface area contributed by atoms with E-state index in [0.717, 1.165) is 18.3 Å². The molecule has 30 heavy (non-hydrogen) atoms. The summed E-state index contributed by atoms with van der Waals surface area (Å²) in [5, 5.41) is 11.6. The summed E-state index contributed by atoms with van der Waals surface area (Å²) in [6.45, 7) is 0. The quantitative estimate of drug-likeness (QED) is 0.331. The molecule has 0 aliphatic carbocycles. The summed E-state index contributed by atoms with van der Waals surface area (Å²) in [5.41, 5.74) is 0.680. The van der Waals surface area contributed by atoms with E-state index in [1.165, 1.54) is 6.26 Å². The third-order valence-corrected chi connectivity index (χ3v) is 5.83. The second-order valence-corrected chi connectivity index (χ2v) is 10.0. The topological polar surface area (TPSA) is 94.2 Å². The van der Waals surface area contributed by atoms with Gasteiger partial charge in [-0.05, 0) is 42.2 Å². The van der Waals surface area contributed by atoms with E-state index in [2.05, 4.69) is 35.6 Å². The third-order valence-electron chi connectivity index (χ3n) is 3.89. The van der Waals surface area contributed by atoms with Crippen molar-refractivity contribution in [3.63, 3.8) is 0 Å². The smallest absolute Gasteiger partial charge is 0.227 e. The third kappa shape index (κ3) is 5.41. The average molecular weight is 498 g/mol. The van der Waals surface area contributed by atoms with Gasteiger partial charge >= 0.3 is 0 Å². The van der Waals surface area contributed by atoms with Crippen molar-refractivity contribution in [2.75, 3.05) is 11.6 Å². The summed E-state index contributed by atoms with van der Waals surface area (Å²) < 4.78 is 55.9. The molecule has 11 heteroatoms. The first-order valence-corrected chi connectivity index (χ1v) is 11.5. The molecule has 0 radical (unpaired) electrons. The number of aromatic nitrogens is 2. The van der Waals surface area contributed by atoms with Crippen LogP contribution in [0.15, 0.2) is 51.4 Å². The van der Waals surface area contributed by atoms with E-state index in [9.17, 15) is 17.7 Å². The van der Waals surface area contributed by atoms with Crippen LogP contribution in [0, 0.1) is 28.9 Å². The highest BCUT2D eigenvalue weighted by Gasteiger charge is 2.15. The molecule has 0 aliphatic rings. The van der Waals surface area contributed by atoms with Crippen molar-refractivity contribution in [1.29, 1.82) is 5.26 Å². The molecular formula is C19H15BrF3N5OS. The highest BCUT2D eigenvalue weighted by molar-refractivity contribution is 9.10. The van der Waals surface area contributed by atoms with E-state index in [1.54, 1.807) is 24.4 Å². The number of nitriles is 1. The number of nitrogens with one attached hydrogen (secondary N) is 1. The molecule has 2 aromatic carbocycles. The Labute approximate surface area is 179 Å². The first kappa shape index (κ1) is 21.9. The van der Waals surface area contributed by atoms with Crippen LogP contribution in [0.3, 0.4) is 0 Å². The summed E-state index contributed by atoms with van der Waals surface area (Å²) in [4.78, 5) is 7.87. The van der Waals surface area contributed by atoms with E-state index in [1.807, 2.05) is 0 Å². The first-order valence-electron chi connectivity index (χ1n) is 8.41. The Morgan fingerprint density at radius 3 is 2.67 bits per heavy atom. The van der Waals surface area contributed by atoms with Gasteiger partial charge in [-0.2, -0.15) is 5.26 Å². The molecule has 1 aromatic heterocycles. The Balaban J connectivity index is 1.94. The molecule has 0 bridgehead atoms. The fourth-order valence-electron chi connectivity index (χ4n) is 2.72. The molecule has 1 heterocycles. The number of rotatable bonds is 5. The van der Waals surface area contributed by atoms with E-state index >= 15 is 0 Å². The van der Waals surface area contributed by atoms with Crippen molar-refractivity contribution in [2.45, 2.75) is 5.75 Å². The van der Waals surface area contributed by atoms with Crippen LogP contribution in [0.5, 0.6) is 0 Å². The zero-order valence-corrected chi connectivity index (χ0v) is 17.9. The maximum Gasteiger partial charge on any atom is 0.227 e. The molecule has 0 saturated heterocycles. The van der Waals surface area contributed by atoms with Crippen molar-refractivity contribution in [2.24, 2.45) is 4.36 Å². The van der Waals surface area contributed by atoms with Crippen LogP contribution < -0.4 is 5.32 Å². The SMILES string of the molecule is C[SH](O)(Cc1cc(Br)cc(Nc2ncc(F)c(-c3ccc(F)cc3F)n2)c1)=NC#N. The summed E-state index contributed by atoms with van der Waals surface area (Å²) in [6.07, 6.45) is 4.01. The molecule has 156 valence electrons. The number of nitrogens with zero attached hydrogens (tertiary/aromatic N) is 4. The van der Waals surface area contributed by atoms with Crippen molar-refractivity contribution in [1.82, 2.24) is 9.97 Å². The van der Waals surface area contributed by atoms with Crippen LogP contribution in [0.25, 0.3) is 11.3 Å². The second-order valence-electron chi connectivity index (χ2n) is 6.43. The number of hydrogen-bond donors (Lipinski definition) is 3. The normalized spacial score (nSPS) is 11.6. The van der Waals surface area contributed by atoms with Gasteiger partial charge in [0.25, 0.3) is 0 Å². The van der Waals surface area contributed by atoms with Gasteiger partial charge in [-0.25, -0.2) is 23.1 Å². The van der Waals surface area contributed by atoms with Crippen molar-refractivity contribution >= 4 is 37.7 Å². The molecule has 6 nitrogen and oxygen atoms in total. The summed E-state index contributed by atoms with van der Waals surface area (Å²) in [6, 6.07) is 7.90. The molecule has 3 aromatic rings.